The second-order valence-electron chi connectivity index (χ2n) is 5.03. The molecule has 2 rings (SSSR count). The van der Waals surface area contributed by atoms with Crippen LogP contribution < -0.4 is 11.1 Å². The molecular weight excluding hydrogens is 244 g/mol. The van der Waals surface area contributed by atoms with Crippen LogP contribution in [0.2, 0.25) is 0 Å². The maximum Gasteiger partial charge on any atom is 0.224 e. The summed E-state index contributed by atoms with van der Waals surface area (Å²) in [6.07, 6.45) is 1.43. The Kier molecular flexibility index (Phi) is 4.39. The smallest absolute Gasteiger partial charge is 0.224 e. The van der Waals surface area contributed by atoms with Gasteiger partial charge in [-0.15, -0.1) is 0 Å². The predicted octanol–water partition coefficient (Wildman–Crippen LogP) is 0.469. The van der Waals surface area contributed by atoms with Crippen LogP contribution in [-0.4, -0.2) is 36.4 Å². The van der Waals surface area contributed by atoms with Gasteiger partial charge in [-0.2, -0.15) is 0 Å². The van der Waals surface area contributed by atoms with Gasteiger partial charge in [0.1, 0.15) is 0 Å². The fraction of sp³-hybridized carbons (Fsp3) is 0.500. The molecule has 0 bridgehead atoms. The maximum atomic E-state index is 11.8. The van der Waals surface area contributed by atoms with E-state index >= 15 is 0 Å². The highest BCUT2D eigenvalue weighted by atomic mass is 16.5. The number of ether oxygens (including phenoxy) is 1. The van der Waals surface area contributed by atoms with Crippen LogP contribution in [0.15, 0.2) is 24.3 Å². The molecule has 104 valence electrons. The third-order valence-electron chi connectivity index (χ3n) is 3.38. The fourth-order valence-corrected chi connectivity index (χ4v) is 2.07. The molecule has 1 aliphatic heterocycles. The van der Waals surface area contributed by atoms with Crippen LogP contribution in [0.4, 0.5) is 5.69 Å². The van der Waals surface area contributed by atoms with E-state index in [4.69, 9.17) is 10.5 Å². The molecule has 0 saturated carbocycles. The summed E-state index contributed by atoms with van der Waals surface area (Å²) in [5, 5.41) is 13.0. The first-order chi connectivity index (χ1) is 9.07. The normalized spacial score (nSPS) is 17.9. The van der Waals surface area contributed by atoms with E-state index in [0.29, 0.717) is 38.2 Å². The van der Waals surface area contributed by atoms with Crippen molar-refractivity contribution in [3.63, 3.8) is 0 Å². The van der Waals surface area contributed by atoms with E-state index < -0.39 is 5.60 Å². The molecule has 1 fully saturated rings. The summed E-state index contributed by atoms with van der Waals surface area (Å²) >= 11 is 0. The van der Waals surface area contributed by atoms with E-state index in [1.165, 1.54) is 0 Å². The Balaban J connectivity index is 1.79. The van der Waals surface area contributed by atoms with Crippen molar-refractivity contribution in [1.29, 1.82) is 0 Å². The van der Waals surface area contributed by atoms with Crippen LogP contribution >= 0.6 is 0 Å². The number of rotatable bonds is 4. The van der Waals surface area contributed by atoms with E-state index in [-0.39, 0.29) is 12.5 Å². The Morgan fingerprint density at radius 1 is 1.32 bits per heavy atom. The van der Waals surface area contributed by atoms with Gasteiger partial charge in [0.2, 0.25) is 5.91 Å². The van der Waals surface area contributed by atoms with E-state index in [9.17, 15) is 9.90 Å². The second-order valence-corrected chi connectivity index (χ2v) is 5.03. The number of carbonyl (C=O) groups is 1. The summed E-state index contributed by atoms with van der Waals surface area (Å²) in [6, 6.07) is 7.21. The number of aliphatic hydroxyl groups is 1. The van der Waals surface area contributed by atoms with Crippen molar-refractivity contribution in [1.82, 2.24) is 5.32 Å². The molecule has 0 unspecified atom stereocenters. The van der Waals surface area contributed by atoms with Crippen LogP contribution in [0.25, 0.3) is 0 Å². The Morgan fingerprint density at radius 3 is 2.58 bits per heavy atom. The summed E-state index contributed by atoms with van der Waals surface area (Å²) in [4.78, 5) is 11.8. The van der Waals surface area contributed by atoms with Gasteiger partial charge in [-0.05, 0) is 17.7 Å². The summed E-state index contributed by atoms with van der Waals surface area (Å²) in [6.45, 7) is 1.37. The molecule has 1 aromatic carbocycles. The zero-order valence-corrected chi connectivity index (χ0v) is 10.9. The largest absolute Gasteiger partial charge is 0.399 e. The molecular formula is C14H20N2O3. The van der Waals surface area contributed by atoms with Gasteiger partial charge in [0.05, 0.1) is 12.0 Å². The molecule has 1 amide bonds. The third kappa shape index (κ3) is 4.22. The maximum absolute atomic E-state index is 11.8. The SMILES string of the molecule is Nc1ccc(CC(=O)NCC2(O)CCOCC2)cc1. The summed E-state index contributed by atoms with van der Waals surface area (Å²) in [7, 11) is 0. The number of nitrogen functional groups attached to an aromatic ring is 1. The average molecular weight is 264 g/mol. The summed E-state index contributed by atoms with van der Waals surface area (Å²) in [5.41, 5.74) is 6.35. The number of carbonyl (C=O) groups excluding carboxylic acids is 1. The number of nitrogens with one attached hydrogen (secondary N) is 1. The number of hydrogen-bond acceptors (Lipinski definition) is 4. The summed E-state index contributed by atoms with van der Waals surface area (Å²) in [5.74, 6) is -0.0929. The first kappa shape index (κ1) is 13.8. The van der Waals surface area contributed by atoms with Crippen molar-refractivity contribution in [2.45, 2.75) is 24.9 Å². The van der Waals surface area contributed by atoms with Gasteiger partial charge in [0, 0.05) is 38.3 Å². The Morgan fingerprint density at radius 2 is 1.95 bits per heavy atom. The first-order valence-corrected chi connectivity index (χ1v) is 6.49. The molecule has 0 radical (unpaired) electrons. The number of benzene rings is 1. The third-order valence-corrected chi connectivity index (χ3v) is 3.38. The van der Waals surface area contributed by atoms with Gasteiger partial charge < -0.3 is 20.9 Å². The van der Waals surface area contributed by atoms with Crippen LogP contribution in [0, 0.1) is 0 Å². The molecule has 19 heavy (non-hydrogen) atoms. The molecule has 1 aliphatic rings. The molecule has 0 spiro atoms. The number of nitrogens with two attached hydrogens (primary N) is 1. The Labute approximate surface area is 112 Å². The van der Waals surface area contributed by atoms with Crippen molar-refractivity contribution in [3.05, 3.63) is 29.8 Å². The monoisotopic (exact) mass is 264 g/mol. The highest BCUT2D eigenvalue weighted by molar-refractivity contribution is 5.78. The van der Waals surface area contributed by atoms with E-state index in [2.05, 4.69) is 5.32 Å². The molecule has 5 nitrogen and oxygen atoms in total. The highest BCUT2D eigenvalue weighted by Gasteiger charge is 2.29. The topological polar surface area (TPSA) is 84.6 Å². The number of anilines is 1. The quantitative estimate of drug-likeness (QED) is 0.690. The number of hydrogen-bond donors (Lipinski definition) is 3. The highest BCUT2D eigenvalue weighted by Crippen LogP contribution is 2.19. The zero-order chi connectivity index (χ0) is 13.7. The van der Waals surface area contributed by atoms with Crippen LogP contribution in [0.5, 0.6) is 0 Å². The number of amides is 1. The van der Waals surface area contributed by atoms with Crippen LogP contribution in [0.1, 0.15) is 18.4 Å². The van der Waals surface area contributed by atoms with Gasteiger partial charge in [0.15, 0.2) is 0 Å². The average Bonchev–Trinajstić information content (AvgIpc) is 2.40. The lowest BCUT2D eigenvalue weighted by molar-refractivity contribution is -0.123. The molecule has 1 heterocycles. The molecule has 0 aliphatic carbocycles. The van der Waals surface area contributed by atoms with Crippen LogP contribution in [-0.2, 0) is 16.0 Å². The molecule has 4 N–H and O–H groups in total. The molecule has 1 saturated heterocycles. The Bertz CT molecular complexity index is 425. The van der Waals surface area contributed by atoms with Gasteiger partial charge >= 0.3 is 0 Å². The first-order valence-electron chi connectivity index (χ1n) is 6.49. The zero-order valence-electron chi connectivity index (χ0n) is 10.9. The van der Waals surface area contributed by atoms with E-state index in [1.54, 1.807) is 12.1 Å². The van der Waals surface area contributed by atoms with Gasteiger partial charge in [-0.25, -0.2) is 0 Å². The van der Waals surface area contributed by atoms with Crippen molar-refractivity contribution >= 4 is 11.6 Å². The molecule has 0 atom stereocenters. The standard InChI is InChI=1S/C14H20N2O3/c15-12-3-1-11(2-4-12)9-13(17)16-10-14(18)5-7-19-8-6-14/h1-4,18H,5-10,15H2,(H,16,17). The van der Waals surface area contributed by atoms with Gasteiger partial charge in [-0.1, -0.05) is 12.1 Å². The van der Waals surface area contributed by atoms with Gasteiger partial charge in [0.25, 0.3) is 0 Å². The van der Waals surface area contributed by atoms with Gasteiger partial charge in [-0.3, -0.25) is 4.79 Å². The predicted molar refractivity (Wildman–Crippen MR) is 72.6 cm³/mol. The van der Waals surface area contributed by atoms with E-state index in [1.807, 2.05) is 12.1 Å². The fourth-order valence-electron chi connectivity index (χ4n) is 2.07. The Hall–Kier alpha value is -1.59. The lowest BCUT2D eigenvalue weighted by Crippen LogP contribution is -2.46. The van der Waals surface area contributed by atoms with Crippen molar-refractivity contribution in [3.8, 4) is 0 Å². The van der Waals surface area contributed by atoms with E-state index in [0.717, 1.165) is 5.56 Å². The lowest BCUT2D eigenvalue weighted by atomic mass is 9.94. The van der Waals surface area contributed by atoms with Crippen molar-refractivity contribution in [2.75, 3.05) is 25.5 Å². The lowest BCUT2D eigenvalue weighted by Gasteiger charge is -2.32. The van der Waals surface area contributed by atoms with Crippen molar-refractivity contribution < 1.29 is 14.6 Å². The minimum Gasteiger partial charge on any atom is -0.399 e. The molecule has 0 aromatic heterocycles. The molecule has 1 aromatic rings. The minimum atomic E-state index is -0.824. The molecule has 5 heteroatoms. The minimum absolute atomic E-state index is 0.0929. The van der Waals surface area contributed by atoms with Crippen LogP contribution in [0.3, 0.4) is 0 Å². The van der Waals surface area contributed by atoms with Crippen molar-refractivity contribution in [2.24, 2.45) is 0 Å². The summed E-state index contributed by atoms with van der Waals surface area (Å²) < 4.78 is 5.19. The second kappa shape index (κ2) is 6.04.